The van der Waals surface area contributed by atoms with E-state index in [1.165, 1.54) is 12.1 Å². The Morgan fingerprint density at radius 1 is 0.700 bits per heavy atom. The fourth-order valence-electron chi connectivity index (χ4n) is 3.63. The Morgan fingerprint density at radius 3 is 1.68 bits per heavy atom. The predicted molar refractivity (Wildman–Crippen MR) is 140 cm³/mol. The molecule has 0 saturated carbocycles. The second-order valence-electron chi connectivity index (χ2n) is 9.15. The van der Waals surface area contributed by atoms with Gasteiger partial charge in [0.15, 0.2) is 0 Å². The number of rotatable bonds is 19. The normalized spacial score (nSPS) is 13.8. The van der Waals surface area contributed by atoms with Crippen molar-refractivity contribution in [1.82, 2.24) is 16.0 Å². The van der Waals surface area contributed by atoms with Gasteiger partial charge in [-0.3, -0.25) is 24.0 Å². The maximum atomic E-state index is 13.1. The molecule has 222 valence electrons. The van der Waals surface area contributed by atoms with E-state index in [-0.39, 0.29) is 18.6 Å². The molecule has 4 atom stereocenters. The number of hydrogen-bond donors (Lipinski definition) is 9. The molecule has 0 bridgehead atoms. The molecule has 0 fully saturated rings. The number of benzene rings is 1. The Kier molecular flexibility index (Phi) is 14.7. The van der Waals surface area contributed by atoms with E-state index in [9.17, 15) is 39.0 Å². The minimum atomic E-state index is -1.59. The van der Waals surface area contributed by atoms with Gasteiger partial charge in [0, 0.05) is 12.8 Å². The van der Waals surface area contributed by atoms with Crippen molar-refractivity contribution < 1.29 is 49.2 Å². The highest BCUT2D eigenvalue weighted by atomic mass is 16.4. The topological polar surface area (TPSA) is 271 Å². The number of carboxylic acid groups (broad SMARTS) is 3. The van der Waals surface area contributed by atoms with Crippen molar-refractivity contribution in [2.75, 3.05) is 6.54 Å². The van der Waals surface area contributed by atoms with Crippen LogP contribution in [-0.2, 0) is 35.2 Å². The Hall–Kier alpha value is -4.24. The van der Waals surface area contributed by atoms with E-state index in [2.05, 4.69) is 16.0 Å². The molecule has 4 unspecified atom stereocenters. The standard InChI is InChI=1S/C25H37N5O10/c26-12-2-1-3-17(28-22(36)16(27)13-14-4-6-15(31)7-5-14)23(37)29-18(8-10-20(32)33)24(38)30-19(25(39)40)9-11-21(34)35/h4-7,16-19,31H,1-3,8-13,26-27H2,(H,28,36)(H,29,37)(H,30,38)(H,32,33)(H,34,35)(H,39,40). The summed E-state index contributed by atoms with van der Waals surface area (Å²) >= 11 is 0. The SMILES string of the molecule is NCCCCC(NC(=O)C(N)Cc1ccc(O)cc1)C(=O)NC(CCC(=O)O)C(=O)NC(CCC(=O)O)C(=O)O. The van der Waals surface area contributed by atoms with Gasteiger partial charge in [-0.1, -0.05) is 12.1 Å². The summed E-state index contributed by atoms with van der Waals surface area (Å²) in [7, 11) is 0. The maximum absolute atomic E-state index is 13.1. The number of aromatic hydroxyl groups is 1. The third-order valence-electron chi connectivity index (χ3n) is 5.85. The Bertz CT molecular complexity index is 1030. The number of unbranched alkanes of at least 4 members (excludes halogenated alkanes) is 1. The summed E-state index contributed by atoms with van der Waals surface area (Å²) in [4.78, 5) is 72.1. The largest absolute Gasteiger partial charge is 0.508 e. The molecule has 1 aromatic carbocycles. The van der Waals surface area contributed by atoms with Crippen molar-refractivity contribution in [3.63, 3.8) is 0 Å². The first-order chi connectivity index (χ1) is 18.8. The first-order valence-electron chi connectivity index (χ1n) is 12.6. The lowest BCUT2D eigenvalue weighted by Crippen LogP contribution is -2.57. The second-order valence-corrected chi connectivity index (χ2v) is 9.15. The van der Waals surface area contributed by atoms with Gasteiger partial charge in [-0.15, -0.1) is 0 Å². The molecule has 1 rings (SSSR count). The zero-order valence-corrected chi connectivity index (χ0v) is 21.9. The van der Waals surface area contributed by atoms with Gasteiger partial charge >= 0.3 is 17.9 Å². The number of carboxylic acids is 3. The fraction of sp³-hybridized carbons (Fsp3) is 0.520. The lowest BCUT2D eigenvalue weighted by Gasteiger charge is -2.25. The van der Waals surface area contributed by atoms with E-state index >= 15 is 0 Å². The Morgan fingerprint density at radius 2 is 1.18 bits per heavy atom. The minimum Gasteiger partial charge on any atom is -0.508 e. The van der Waals surface area contributed by atoms with Crippen LogP contribution in [0.25, 0.3) is 0 Å². The van der Waals surface area contributed by atoms with Gasteiger partial charge in [0.2, 0.25) is 17.7 Å². The molecule has 15 nitrogen and oxygen atoms in total. The average Bonchev–Trinajstić information content (AvgIpc) is 2.88. The molecule has 40 heavy (non-hydrogen) atoms. The van der Waals surface area contributed by atoms with Crippen LogP contribution in [0.1, 0.15) is 50.5 Å². The lowest BCUT2D eigenvalue weighted by atomic mass is 10.0. The highest BCUT2D eigenvalue weighted by Gasteiger charge is 2.30. The third kappa shape index (κ3) is 13.0. The first kappa shape index (κ1) is 33.8. The summed E-state index contributed by atoms with van der Waals surface area (Å²) in [5, 5.41) is 43.6. The average molecular weight is 568 g/mol. The fourth-order valence-corrected chi connectivity index (χ4v) is 3.63. The van der Waals surface area contributed by atoms with Crippen LogP contribution in [0.3, 0.4) is 0 Å². The molecule has 15 heteroatoms. The van der Waals surface area contributed by atoms with Gasteiger partial charge in [0.1, 0.15) is 23.9 Å². The summed E-state index contributed by atoms with van der Waals surface area (Å²) in [6, 6.07) is 0.712. The zero-order chi connectivity index (χ0) is 30.2. The molecule has 0 aliphatic rings. The van der Waals surface area contributed by atoms with E-state index in [4.69, 9.17) is 21.7 Å². The number of phenols is 1. The van der Waals surface area contributed by atoms with Gasteiger partial charge in [-0.05, 0) is 62.8 Å². The van der Waals surface area contributed by atoms with E-state index in [1.54, 1.807) is 12.1 Å². The molecule has 0 aliphatic carbocycles. The molecule has 0 spiro atoms. The number of amides is 3. The third-order valence-corrected chi connectivity index (χ3v) is 5.85. The first-order valence-corrected chi connectivity index (χ1v) is 12.6. The molecule has 0 saturated heterocycles. The van der Waals surface area contributed by atoms with Crippen molar-refractivity contribution >= 4 is 35.6 Å². The quantitative estimate of drug-likeness (QED) is 0.0879. The van der Waals surface area contributed by atoms with Crippen LogP contribution in [0.5, 0.6) is 5.75 Å². The number of aliphatic carboxylic acids is 3. The van der Waals surface area contributed by atoms with Crippen molar-refractivity contribution in [1.29, 1.82) is 0 Å². The summed E-state index contributed by atoms with van der Waals surface area (Å²) in [5.74, 6) is -6.55. The van der Waals surface area contributed by atoms with Crippen LogP contribution < -0.4 is 27.4 Å². The predicted octanol–water partition coefficient (Wildman–Crippen LogP) is -1.34. The summed E-state index contributed by atoms with van der Waals surface area (Å²) in [5.41, 5.74) is 12.2. The number of hydrogen-bond acceptors (Lipinski definition) is 9. The van der Waals surface area contributed by atoms with E-state index in [1.807, 2.05) is 0 Å². The molecule has 0 radical (unpaired) electrons. The Labute approximate surface area is 230 Å². The highest BCUT2D eigenvalue weighted by Crippen LogP contribution is 2.12. The molecule has 11 N–H and O–H groups in total. The summed E-state index contributed by atoms with van der Waals surface area (Å²) in [6.45, 7) is 0.319. The van der Waals surface area contributed by atoms with Crippen molar-refractivity contribution in [3.8, 4) is 5.75 Å². The van der Waals surface area contributed by atoms with Gasteiger partial charge in [-0.25, -0.2) is 4.79 Å². The van der Waals surface area contributed by atoms with Crippen LogP contribution in [-0.4, -0.2) is 86.8 Å². The number of carbonyl (C=O) groups is 6. The smallest absolute Gasteiger partial charge is 0.326 e. The van der Waals surface area contributed by atoms with Crippen molar-refractivity contribution in [2.45, 2.75) is 75.5 Å². The number of nitrogens with one attached hydrogen (secondary N) is 3. The van der Waals surface area contributed by atoms with Crippen molar-refractivity contribution in [2.24, 2.45) is 11.5 Å². The van der Waals surface area contributed by atoms with Gasteiger partial charge in [0.25, 0.3) is 0 Å². The lowest BCUT2D eigenvalue weighted by molar-refractivity contribution is -0.144. The van der Waals surface area contributed by atoms with Crippen LogP contribution in [0.2, 0.25) is 0 Å². The molecular weight excluding hydrogens is 530 g/mol. The molecule has 1 aromatic rings. The number of carbonyl (C=O) groups excluding carboxylic acids is 3. The van der Waals surface area contributed by atoms with Crippen LogP contribution >= 0.6 is 0 Å². The van der Waals surface area contributed by atoms with Crippen LogP contribution in [0, 0.1) is 0 Å². The highest BCUT2D eigenvalue weighted by molar-refractivity contribution is 5.94. The molecule has 3 amide bonds. The van der Waals surface area contributed by atoms with Gasteiger partial charge in [-0.2, -0.15) is 0 Å². The minimum absolute atomic E-state index is 0.0384. The monoisotopic (exact) mass is 567 g/mol. The Balaban J connectivity index is 3.01. The number of phenolic OH excluding ortho intramolecular Hbond substituents is 1. The molecule has 0 aromatic heterocycles. The van der Waals surface area contributed by atoms with E-state index < -0.39 is 85.5 Å². The van der Waals surface area contributed by atoms with Gasteiger partial charge in [0.05, 0.1) is 6.04 Å². The van der Waals surface area contributed by atoms with E-state index in [0.29, 0.717) is 24.9 Å². The van der Waals surface area contributed by atoms with Crippen LogP contribution in [0.15, 0.2) is 24.3 Å². The summed E-state index contributed by atoms with van der Waals surface area (Å²) in [6.07, 6.45) is -0.787. The zero-order valence-electron chi connectivity index (χ0n) is 21.9. The van der Waals surface area contributed by atoms with Crippen LogP contribution in [0.4, 0.5) is 0 Å². The van der Waals surface area contributed by atoms with Crippen molar-refractivity contribution in [3.05, 3.63) is 29.8 Å². The molecular formula is C25H37N5O10. The summed E-state index contributed by atoms with van der Waals surface area (Å²) < 4.78 is 0. The maximum Gasteiger partial charge on any atom is 0.326 e. The molecule has 0 aliphatic heterocycles. The number of nitrogens with two attached hydrogens (primary N) is 2. The van der Waals surface area contributed by atoms with Gasteiger partial charge < -0.3 is 47.8 Å². The molecule has 0 heterocycles. The van der Waals surface area contributed by atoms with E-state index in [0.717, 1.165) is 0 Å². The second kappa shape index (κ2) is 17.4.